The number of hydrogen-bond donors (Lipinski definition) is 0. The second kappa shape index (κ2) is 5.14. The van der Waals surface area contributed by atoms with Crippen molar-refractivity contribution in [1.29, 1.82) is 0 Å². The zero-order valence-electron chi connectivity index (χ0n) is 13.8. The highest BCUT2D eigenvalue weighted by Gasteiger charge is 2.31. The molecule has 2 aliphatic heterocycles. The molecule has 5 nitrogen and oxygen atoms in total. The number of rotatable bonds is 2. The summed E-state index contributed by atoms with van der Waals surface area (Å²) >= 11 is 0. The molecular weight excluding hydrogens is 320 g/mol. The van der Waals surface area contributed by atoms with Crippen molar-refractivity contribution < 1.29 is 23.9 Å². The molecule has 124 valence electrons. The van der Waals surface area contributed by atoms with Crippen LogP contribution in [0.25, 0.3) is 5.76 Å². The summed E-state index contributed by atoms with van der Waals surface area (Å²) in [5.41, 5.74) is 5.54. The minimum atomic E-state index is -0.619. The molecule has 0 atom stereocenters. The number of carbonyl (C=O) groups excluding carboxylic acids is 3. The minimum absolute atomic E-state index is 0.289. The fraction of sp³-hybridized carbons (Fsp3) is 0.150. The first-order valence-corrected chi connectivity index (χ1v) is 7.80. The number of aryl methyl sites for hydroxylation is 2. The van der Waals surface area contributed by atoms with Crippen molar-refractivity contribution in [1.82, 2.24) is 0 Å². The zero-order valence-corrected chi connectivity index (χ0v) is 13.8. The van der Waals surface area contributed by atoms with E-state index >= 15 is 0 Å². The maximum Gasteiger partial charge on any atom is 0.346 e. The molecule has 2 aliphatic rings. The number of cyclic esters (lactones) is 3. The predicted octanol–water partition coefficient (Wildman–Crippen LogP) is 3.35. The first-order chi connectivity index (χ1) is 11.8. The topological polar surface area (TPSA) is 69.7 Å². The average molecular weight is 334 g/mol. The van der Waals surface area contributed by atoms with Gasteiger partial charge in [0, 0.05) is 5.56 Å². The van der Waals surface area contributed by atoms with Crippen molar-refractivity contribution >= 4 is 23.7 Å². The zero-order chi connectivity index (χ0) is 17.9. The van der Waals surface area contributed by atoms with E-state index in [1.54, 1.807) is 18.2 Å². The van der Waals surface area contributed by atoms with Gasteiger partial charge in [-0.25, -0.2) is 14.4 Å². The van der Waals surface area contributed by atoms with Gasteiger partial charge in [0.15, 0.2) is 0 Å². The molecule has 0 radical (unpaired) electrons. The molecule has 0 saturated carbocycles. The SMILES string of the molecule is C=C1OC(=O)c2cc(Cc3cc4c(cc3C)C(=O)OC4=O)c(C)cc21. The summed E-state index contributed by atoms with van der Waals surface area (Å²) in [6.07, 6.45) is 0.527. The Morgan fingerprint density at radius 2 is 1.16 bits per heavy atom. The lowest BCUT2D eigenvalue weighted by molar-refractivity contribution is 0.0443. The number of ether oxygens (including phenoxy) is 2. The minimum Gasteiger partial charge on any atom is -0.423 e. The van der Waals surface area contributed by atoms with Crippen molar-refractivity contribution in [3.05, 3.63) is 75.4 Å². The Kier molecular flexibility index (Phi) is 3.15. The molecule has 0 bridgehead atoms. The number of carbonyl (C=O) groups is 3. The molecule has 0 fully saturated rings. The van der Waals surface area contributed by atoms with Gasteiger partial charge in [-0.05, 0) is 66.8 Å². The molecule has 0 aromatic heterocycles. The monoisotopic (exact) mass is 334 g/mol. The van der Waals surface area contributed by atoms with Crippen LogP contribution in [0.1, 0.15) is 58.9 Å². The summed E-state index contributed by atoms with van der Waals surface area (Å²) < 4.78 is 9.72. The third kappa shape index (κ3) is 2.28. The normalized spacial score (nSPS) is 15.1. The molecule has 2 aromatic rings. The average Bonchev–Trinajstić information content (AvgIpc) is 2.97. The Hall–Kier alpha value is -3.21. The molecular formula is C20H14O5. The third-order valence-electron chi connectivity index (χ3n) is 4.69. The van der Waals surface area contributed by atoms with Crippen molar-refractivity contribution in [2.45, 2.75) is 20.3 Å². The van der Waals surface area contributed by atoms with Crippen LogP contribution in [0, 0.1) is 13.8 Å². The van der Waals surface area contributed by atoms with Crippen LogP contribution in [0.4, 0.5) is 0 Å². The second-order valence-electron chi connectivity index (χ2n) is 6.32. The third-order valence-corrected chi connectivity index (χ3v) is 4.69. The van der Waals surface area contributed by atoms with Gasteiger partial charge in [-0.1, -0.05) is 6.58 Å². The number of benzene rings is 2. The van der Waals surface area contributed by atoms with E-state index in [4.69, 9.17) is 4.74 Å². The first kappa shape index (κ1) is 15.3. The molecule has 0 saturated heterocycles. The Morgan fingerprint density at radius 1 is 0.720 bits per heavy atom. The van der Waals surface area contributed by atoms with Crippen LogP contribution in [0.15, 0.2) is 30.8 Å². The van der Waals surface area contributed by atoms with E-state index in [0.29, 0.717) is 28.9 Å². The molecule has 25 heavy (non-hydrogen) atoms. The van der Waals surface area contributed by atoms with Crippen LogP contribution in [0.5, 0.6) is 0 Å². The smallest absolute Gasteiger partial charge is 0.346 e. The Labute approximate surface area is 143 Å². The van der Waals surface area contributed by atoms with Crippen LogP contribution in [0.3, 0.4) is 0 Å². The highest BCUT2D eigenvalue weighted by Crippen LogP contribution is 2.32. The summed E-state index contributed by atoms with van der Waals surface area (Å²) in [6, 6.07) is 7.07. The predicted molar refractivity (Wildman–Crippen MR) is 89.4 cm³/mol. The van der Waals surface area contributed by atoms with E-state index in [-0.39, 0.29) is 5.56 Å². The van der Waals surface area contributed by atoms with Gasteiger partial charge in [0.25, 0.3) is 0 Å². The standard InChI is InChI=1S/C20H14O5/c1-9-4-14-11(3)24-18(21)16(14)7-12(9)6-13-8-17-15(5-10(13)2)19(22)25-20(17)23/h4-5,7-8H,3,6H2,1-2H3. The van der Waals surface area contributed by atoms with Crippen molar-refractivity contribution in [2.24, 2.45) is 0 Å². The molecule has 2 heterocycles. The van der Waals surface area contributed by atoms with Crippen molar-refractivity contribution in [3.8, 4) is 0 Å². The van der Waals surface area contributed by atoms with E-state index < -0.39 is 17.9 Å². The highest BCUT2D eigenvalue weighted by atomic mass is 16.6. The van der Waals surface area contributed by atoms with Gasteiger partial charge in [-0.2, -0.15) is 0 Å². The highest BCUT2D eigenvalue weighted by molar-refractivity contribution is 6.14. The lowest BCUT2D eigenvalue weighted by Gasteiger charge is -2.11. The fourth-order valence-electron chi connectivity index (χ4n) is 3.24. The van der Waals surface area contributed by atoms with Crippen LogP contribution in [-0.2, 0) is 15.9 Å². The van der Waals surface area contributed by atoms with Gasteiger partial charge >= 0.3 is 17.9 Å². The molecule has 0 aliphatic carbocycles. The van der Waals surface area contributed by atoms with Crippen molar-refractivity contribution in [3.63, 3.8) is 0 Å². The van der Waals surface area contributed by atoms with Gasteiger partial charge in [0.05, 0.1) is 16.7 Å². The lowest BCUT2D eigenvalue weighted by atomic mass is 9.91. The van der Waals surface area contributed by atoms with Crippen LogP contribution in [0.2, 0.25) is 0 Å². The Morgan fingerprint density at radius 3 is 1.76 bits per heavy atom. The number of fused-ring (bicyclic) bond motifs is 2. The molecule has 2 aromatic carbocycles. The first-order valence-electron chi connectivity index (χ1n) is 7.80. The maximum absolute atomic E-state index is 11.9. The van der Waals surface area contributed by atoms with Crippen LogP contribution < -0.4 is 0 Å². The molecule has 4 rings (SSSR count). The number of esters is 3. The van der Waals surface area contributed by atoms with Crippen LogP contribution in [-0.4, -0.2) is 17.9 Å². The van der Waals surface area contributed by atoms with Gasteiger partial charge < -0.3 is 9.47 Å². The number of hydrogen-bond acceptors (Lipinski definition) is 5. The van der Waals surface area contributed by atoms with Gasteiger partial charge in [0.2, 0.25) is 0 Å². The van der Waals surface area contributed by atoms with E-state index in [2.05, 4.69) is 11.3 Å². The lowest BCUT2D eigenvalue weighted by Crippen LogP contribution is -2.02. The second-order valence-corrected chi connectivity index (χ2v) is 6.32. The molecule has 0 N–H and O–H groups in total. The summed E-state index contributed by atoms with van der Waals surface area (Å²) in [4.78, 5) is 35.3. The summed E-state index contributed by atoms with van der Waals surface area (Å²) in [5, 5.41) is 0. The van der Waals surface area contributed by atoms with Gasteiger partial charge in [-0.15, -0.1) is 0 Å². The van der Waals surface area contributed by atoms with Gasteiger partial charge in [0.1, 0.15) is 5.76 Å². The van der Waals surface area contributed by atoms with E-state index in [9.17, 15) is 14.4 Å². The maximum atomic E-state index is 11.9. The molecule has 5 heteroatoms. The summed E-state index contributed by atoms with van der Waals surface area (Å²) in [6.45, 7) is 7.57. The summed E-state index contributed by atoms with van der Waals surface area (Å²) in [5.74, 6) is -1.26. The van der Waals surface area contributed by atoms with Crippen molar-refractivity contribution in [2.75, 3.05) is 0 Å². The Balaban J connectivity index is 1.77. The van der Waals surface area contributed by atoms with E-state index in [0.717, 1.165) is 22.3 Å². The van der Waals surface area contributed by atoms with Gasteiger partial charge in [-0.3, -0.25) is 0 Å². The quantitative estimate of drug-likeness (QED) is 0.622. The van der Waals surface area contributed by atoms with E-state index in [1.807, 2.05) is 19.9 Å². The Bertz CT molecular complexity index is 932. The molecule has 0 spiro atoms. The largest absolute Gasteiger partial charge is 0.423 e. The van der Waals surface area contributed by atoms with E-state index in [1.165, 1.54) is 0 Å². The molecule has 0 amide bonds. The summed E-state index contributed by atoms with van der Waals surface area (Å²) in [7, 11) is 0. The van der Waals surface area contributed by atoms with Crippen LogP contribution >= 0.6 is 0 Å². The molecule has 0 unspecified atom stereocenters. The fourth-order valence-corrected chi connectivity index (χ4v) is 3.24.